The van der Waals surface area contributed by atoms with Crippen LogP contribution >= 0.6 is 0 Å². The van der Waals surface area contributed by atoms with Crippen LogP contribution in [-0.2, 0) is 9.59 Å². The zero-order valence-electron chi connectivity index (χ0n) is 8.19. The highest BCUT2D eigenvalue weighted by molar-refractivity contribution is 6.54. The molecular formula is C11H8N2O3. The zero-order valence-corrected chi connectivity index (χ0v) is 8.19. The Balaban J connectivity index is 2.33. The molecular weight excluding hydrogens is 208 g/mol. The van der Waals surface area contributed by atoms with Crippen LogP contribution in [0.3, 0.4) is 0 Å². The molecule has 1 aromatic rings. The second-order valence-corrected chi connectivity index (χ2v) is 3.40. The molecule has 0 aromatic heterocycles. The summed E-state index contributed by atoms with van der Waals surface area (Å²) in [5, 5.41) is 9.31. The second-order valence-electron chi connectivity index (χ2n) is 3.40. The zero-order chi connectivity index (χ0) is 11.7. The number of ketones is 1. The first-order chi connectivity index (χ1) is 7.61. The van der Waals surface area contributed by atoms with Crippen molar-refractivity contribution in [1.29, 1.82) is 5.41 Å². The molecule has 80 valence electrons. The Morgan fingerprint density at radius 1 is 1.19 bits per heavy atom. The molecule has 1 fully saturated rings. The van der Waals surface area contributed by atoms with E-state index in [1.807, 2.05) is 5.32 Å². The van der Waals surface area contributed by atoms with Crippen molar-refractivity contribution in [3.63, 3.8) is 0 Å². The van der Waals surface area contributed by atoms with Crippen molar-refractivity contribution in [1.82, 2.24) is 5.32 Å². The summed E-state index contributed by atoms with van der Waals surface area (Å²) in [6, 6.07) is 8.15. The van der Waals surface area contributed by atoms with Gasteiger partial charge in [0, 0.05) is 5.56 Å². The normalized spacial score (nSPS) is 19.8. The molecule has 5 nitrogen and oxygen atoms in total. The average Bonchev–Trinajstić information content (AvgIpc) is 2.54. The number of nitrogens with one attached hydrogen (secondary N) is 2. The topological polar surface area (TPSA) is 87.1 Å². The molecule has 5 heteroatoms. The molecule has 0 aliphatic carbocycles. The van der Waals surface area contributed by atoms with Crippen LogP contribution in [0.1, 0.15) is 10.4 Å². The summed E-state index contributed by atoms with van der Waals surface area (Å²) < 4.78 is 0. The Bertz CT molecular complexity index is 493. The van der Waals surface area contributed by atoms with Crippen LogP contribution in [-0.4, -0.2) is 23.3 Å². The Morgan fingerprint density at radius 2 is 1.81 bits per heavy atom. The van der Waals surface area contributed by atoms with Crippen LogP contribution in [0, 0.1) is 11.3 Å². The van der Waals surface area contributed by atoms with E-state index in [0.717, 1.165) is 0 Å². The summed E-state index contributed by atoms with van der Waals surface area (Å²) in [6.07, 6.45) is 0. The van der Waals surface area contributed by atoms with Crippen LogP contribution in [0.5, 0.6) is 0 Å². The van der Waals surface area contributed by atoms with E-state index in [-0.39, 0.29) is 0 Å². The molecule has 1 heterocycles. The van der Waals surface area contributed by atoms with Gasteiger partial charge in [0.15, 0.2) is 5.78 Å². The number of benzene rings is 1. The largest absolute Gasteiger partial charge is 0.298 e. The fourth-order valence-electron chi connectivity index (χ4n) is 1.53. The summed E-state index contributed by atoms with van der Waals surface area (Å²) in [4.78, 5) is 34.2. The highest BCUT2D eigenvalue weighted by Crippen LogP contribution is 2.14. The third-order valence-corrected chi connectivity index (χ3v) is 2.35. The van der Waals surface area contributed by atoms with Gasteiger partial charge in [-0.25, -0.2) is 0 Å². The standard InChI is InChI=1S/C11H8N2O3/c12-8-7(10(15)13-11(8)16)9(14)6-4-2-1-3-5-6/h1-5,7,12H,(H,13,15,16). The first kappa shape index (κ1) is 10.2. The van der Waals surface area contributed by atoms with Gasteiger partial charge in [0.2, 0.25) is 5.91 Å². The maximum Gasteiger partial charge on any atom is 0.272 e. The fourth-order valence-corrected chi connectivity index (χ4v) is 1.53. The molecule has 0 bridgehead atoms. The van der Waals surface area contributed by atoms with Gasteiger partial charge in [-0.05, 0) is 0 Å². The number of hydrogen-bond acceptors (Lipinski definition) is 4. The molecule has 1 aromatic carbocycles. The number of carbonyl (C=O) groups excluding carboxylic acids is 3. The number of carbonyl (C=O) groups is 3. The lowest BCUT2D eigenvalue weighted by molar-refractivity contribution is -0.124. The molecule has 0 saturated carbocycles. The maximum atomic E-state index is 11.9. The predicted octanol–water partition coefficient (Wildman–Crippen LogP) is 0.162. The maximum absolute atomic E-state index is 11.9. The van der Waals surface area contributed by atoms with Gasteiger partial charge in [0.1, 0.15) is 11.6 Å². The average molecular weight is 216 g/mol. The molecule has 0 spiro atoms. The smallest absolute Gasteiger partial charge is 0.272 e. The number of imide groups is 1. The van der Waals surface area contributed by atoms with E-state index in [1.54, 1.807) is 30.3 Å². The first-order valence-electron chi connectivity index (χ1n) is 4.64. The van der Waals surface area contributed by atoms with Crippen molar-refractivity contribution < 1.29 is 14.4 Å². The van der Waals surface area contributed by atoms with E-state index in [9.17, 15) is 14.4 Å². The Morgan fingerprint density at radius 3 is 2.31 bits per heavy atom. The van der Waals surface area contributed by atoms with Gasteiger partial charge in [-0.15, -0.1) is 0 Å². The lowest BCUT2D eigenvalue weighted by Gasteiger charge is -2.04. The lowest BCUT2D eigenvalue weighted by Crippen LogP contribution is -2.27. The van der Waals surface area contributed by atoms with Gasteiger partial charge >= 0.3 is 0 Å². The minimum Gasteiger partial charge on any atom is -0.298 e. The summed E-state index contributed by atoms with van der Waals surface area (Å²) >= 11 is 0. The molecule has 2 rings (SSSR count). The quantitative estimate of drug-likeness (QED) is 0.419. The van der Waals surface area contributed by atoms with Crippen molar-refractivity contribution in [2.24, 2.45) is 5.92 Å². The van der Waals surface area contributed by atoms with Crippen LogP contribution in [0.4, 0.5) is 0 Å². The third kappa shape index (κ3) is 1.52. The Labute approximate surface area is 91.0 Å². The molecule has 1 unspecified atom stereocenters. The van der Waals surface area contributed by atoms with Crippen molar-refractivity contribution in [2.45, 2.75) is 0 Å². The van der Waals surface area contributed by atoms with Gasteiger partial charge in [-0.1, -0.05) is 30.3 Å². The highest BCUT2D eigenvalue weighted by Gasteiger charge is 2.42. The van der Waals surface area contributed by atoms with E-state index < -0.39 is 29.2 Å². The van der Waals surface area contributed by atoms with Crippen molar-refractivity contribution in [2.75, 3.05) is 0 Å². The minimum atomic E-state index is -1.30. The van der Waals surface area contributed by atoms with Gasteiger partial charge in [-0.3, -0.25) is 25.1 Å². The van der Waals surface area contributed by atoms with Crippen LogP contribution in [0.15, 0.2) is 30.3 Å². The molecule has 1 saturated heterocycles. The molecule has 1 aliphatic heterocycles. The second kappa shape index (κ2) is 3.69. The highest BCUT2D eigenvalue weighted by atomic mass is 16.2. The molecule has 16 heavy (non-hydrogen) atoms. The summed E-state index contributed by atoms with van der Waals surface area (Å²) in [5.74, 6) is -3.33. The lowest BCUT2D eigenvalue weighted by atomic mass is 9.95. The van der Waals surface area contributed by atoms with Crippen molar-refractivity contribution >= 4 is 23.3 Å². The van der Waals surface area contributed by atoms with Crippen molar-refractivity contribution in [3.8, 4) is 0 Å². The number of hydrogen-bond donors (Lipinski definition) is 2. The van der Waals surface area contributed by atoms with Gasteiger partial charge < -0.3 is 0 Å². The van der Waals surface area contributed by atoms with Gasteiger partial charge in [0.05, 0.1) is 0 Å². The molecule has 1 aliphatic rings. The van der Waals surface area contributed by atoms with E-state index in [1.165, 1.54) is 0 Å². The third-order valence-electron chi connectivity index (χ3n) is 2.35. The molecule has 0 radical (unpaired) electrons. The number of amides is 2. The summed E-state index contributed by atoms with van der Waals surface area (Å²) in [5.41, 5.74) is -0.166. The molecule has 2 N–H and O–H groups in total. The Kier molecular flexibility index (Phi) is 2.36. The predicted molar refractivity (Wildman–Crippen MR) is 55.1 cm³/mol. The van der Waals surface area contributed by atoms with E-state index in [4.69, 9.17) is 5.41 Å². The van der Waals surface area contributed by atoms with Crippen LogP contribution in [0.2, 0.25) is 0 Å². The van der Waals surface area contributed by atoms with E-state index >= 15 is 0 Å². The number of Topliss-reactive ketones (excluding diaryl/α,β-unsaturated/α-hetero) is 1. The van der Waals surface area contributed by atoms with Gasteiger partial charge in [-0.2, -0.15) is 0 Å². The fraction of sp³-hybridized carbons (Fsp3) is 0.0909. The van der Waals surface area contributed by atoms with E-state index in [2.05, 4.69) is 0 Å². The summed E-state index contributed by atoms with van der Waals surface area (Å²) in [6.45, 7) is 0. The molecule has 1 atom stereocenters. The minimum absolute atomic E-state index is 0.321. The Hall–Kier alpha value is -2.30. The van der Waals surface area contributed by atoms with Crippen LogP contribution < -0.4 is 5.32 Å². The summed E-state index contributed by atoms with van der Waals surface area (Å²) in [7, 11) is 0. The first-order valence-corrected chi connectivity index (χ1v) is 4.64. The molecule has 2 amide bonds. The number of rotatable bonds is 2. The monoisotopic (exact) mass is 216 g/mol. The van der Waals surface area contributed by atoms with E-state index in [0.29, 0.717) is 5.56 Å². The van der Waals surface area contributed by atoms with Gasteiger partial charge in [0.25, 0.3) is 5.91 Å². The van der Waals surface area contributed by atoms with Crippen molar-refractivity contribution in [3.05, 3.63) is 35.9 Å². The SMILES string of the molecule is N=C1C(=O)NC(=O)C1C(=O)c1ccccc1. The van der Waals surface area contributed by atoms with Crippen LogP contribution in [0.25, 0.3) is 0 Å².